The van der Waals surface area contributed by atoms with E-state index in [1.165, 1.54) is 26.7 Å². The molecule has 1 atom stereocenters. The molecule has 3 amide bonds. The predicted molar refractivity (Wildman–Crippen MR) is 158 cm³/mol. The maximum absolute atomic E-state index is 13.7. The number of ether oxygens (including phenoxy) is 2. The van der Waals surface area contributed by atoms with E-state index in [4.69, 9.17) is 20.6 Å². The molecule has 3 aromatic rings. The van der Waals surface area contributed by atoms with Crippen molar-refractivity contribution in [1.29, 1.82) is 5.41 Å². The molecule has 0 bridgehead atoms. The highest BCUT2D eigenvalue weighted by atomic mass is 32.1. The van der Waals surface area contributed by atoms with Crippen LogP contribution in [0.5, 0.6) is 0 Å². The van der Waals surface area contributed by atoms with Crippen molar-refractivity contribution in [1.82, 2.24) is 15.1 Å². The smallest absolute Gasteiger partial charge is 0.254 e. The summed E-state index contributed by atoms with van der Waals surface area (Å²) in [4.78, 5) is 44.2. The van der Waals surface area contributed by atoms with Crippen LogP contribution in [0.4, 0.5) is 0 Å². The molecule has 2 saturated heterocycles. The molecule has 0 aliphatic carbocycles. The fraction of sp³-hybridized carbons (Fsp3) is 0.355. The van der Waals surface area contributed by atoms with Crippen LogP contribution in [0.25, 0.3) is 11.1 Å². The molecule has 1 unspecified atom stereocenters. The molecule has 10 nitrogen and oxygen atoms in total. The number of hydrogen-bond donors (Lipinski definition) is 3. The van der Waals surface area contributed by atoms with Gasteiger partial charge in [-0.3, -0.25) is 19.8 Å². The summed E-state index contributed by atoms with van der Waals surface area (Å²) in [5, 5.41) is 12.2. The average Bonchev–Trinajstić information content (AvgIpc) is 3.75. The number of benzene rings is 2. The van der Waals surface area contributed by atoms with Gasteiger partial charge in [0, 0.05) is 34.3 Å². The van der Waals surface area contributed by atoms with Crippen molar-refractivity contribution in [3.8, 4) is 11.1 Å². The van der Waals surface area contributed by atoms with Gasteiger partial charge in [-0.15, -0.1) is 11.3 Å². The van der Waals surface area contributed by atoms with Gasteiger partial charge in [0.15, 0.2) is 5.79 Å². The van der Waals surface area contributed by atoms with Crippen LogP contribution in [0.2, 0.25) is 0 Å². The number of rotatable bonds is 7. The van der Waals surface area contributed by atoms with Crippen LogP contribution < -0.4 is 11.1 Å². The zero-order valence-electron chi connectivity index (χ0n) is 23.6. The third kappa shape index (κ3) is 5.31. The van der Waals surface area contributed by atoms with E-state index in [2.05, 4.69) is 37.4 Å². The first-order valence-corrected chi connectivity index (χ1v) is 14.8. The largest absolute Gasteiger partial charge is 0.384 e. The molecule has 4 heterocycles. The lowest BCUT2D eigenvalue weighted by Gasteiger charge is -2.26. The Bertz CT molecular complexity index is 1590. The third-order valence-corrected chi connectivity index (χ3v) is 9.07. The first kappa shape index (κ1) is 28.1. The summed E-state index contributed by atoms with van der Waals surface area (Å²) in [5.41, 5.74) is 12.1. The molecule has 11 heteroatoms. The molecule has 6 rings (SSSR count). The Kier molecular flexibility index (Phi) is 7.34. The molecule has 1 aromatic heterocycles. The number of amidine groups is 1. The number of fused-ring (bicyclic) bond motifs is 1. The number of likely N-dealkylation sites (tertiary alicyclic amines) is 1. The number of nitrogens with zero attached hydrogens (tertiary/aromatic N) is 2. The zero-order valence-corrected chi connectivity index (χ0v) is 24.4. The molecule has 1 spiro atoms. The number of nitrogen functional groups attached to an aromatic ring is 1. The molecule has 3 aliphatic heterocycles. The Morgan fingerprint density at radius 2 is 1.88 bits per heavy atom. The van der Waals surface area contributed by atoms with Gasteiger partial charge in [-0.1, -0.05) is 29.8 Å². The SMILES string of the molecule is Cc1ccc(-c2ccc3c(c2)CN(CC(=O)N2CC4(CC2C(=O)NCc2cc(C(=N)N)cs2)OCCO4)C3=O)c(C)c1. The van der Waals surface area contributed by atoms with E-state index in [1.54, 1.807) is 11.4 Å². The Balaban J connectivity index is 1.16. The highest BCUT2D eigenvalue weighted by Gasteiger charge is 2.52. The highest BCUT2D eigenvalue weighted by Crippen LogP contribution is 2.36. The Labute approximate surface area is 247 Å². The minimum Gasteiger partial charge on any atom is -0.384 e. The van der Waals surface area contributed by atoms with Crippen LogP contribution in [0, 0.1) is 19.3 Å². The van der Waals surface area contributed by atoms with Crippen molar-refractivity contribution >= 4 is 34.9 Å². The van der Waals surface area contributed by atoms with Crippen molar-refractivity contribution in [3.05, 3.63) is 80.5 Å². The molecule has 0 saturated carbocycles. The van der Waals surface area contributed by atoms with Crippen molar-refractivity contribution in [2.24, 2.45) is 5.73 Å². The number of nitrogens with two attached hydrogens (primary N) is 1. The van der Waals surface area contributed by atoms with E-state index in [-0.39, 0.29) is 49.6 Å². The second-order valence-corrected chi connectivity index (χ2v) is 12.1. The Morgan fingerprint density at radius 1 is 1.12 bits per heavy atom. The minimum atomic E-state index is -1.03. The lowest BCUT2D eigenvalue weighted by Crippen LogP contribution is -2.49. The molecule has 2 aromatic carbocycles. The second-order valence-electron chi connectivity index (χ2n) is 11.1. The molecule has 2 fully saturated rings. The minimum absolute atomic E-state index is 0.0334. The van der Waals surface area contributed by atoms with Gasteiger partial charge < -0.3 is 30.3 Å². The number of thiophene rings is 1. The van der Waals surface area contributed by atoms with Crippen LogP contribution in [-0.4, -0.2) is 71.5 Å². The molecule has 42 heavy (non-hydrogen) atoms. The summed E-state index contributed by atoms with van der Waals surface area (Å²) in [6.45, 7) is 5.43. The molecule has 218 valence electrons. The maximum atomic E-state index is 13.7. The summed E-state index contributed by atoms with van der Waals surface area (Å²) in [6.07, 6.45) is 0.209. The fourth-order valence-electron chi connectivity index (χ4n) is 6.02. The van der Waals surface area contributed by atoms with Gasteiger partial charge >= 0.3 is 0 Å². The fourth-order valence-corrected chi connectivity index (χ4v) is 6.84. The van der Waals surface area contributed by atoms with Crippen LogP contribution >= 0.6 is 11.3 Å². The summed E-state index contributed by atoms with van der Waals surface area (Å²) >= 11 is 1.39. The van der Waals surface area contributed by atoms with Crippen molar-refractivity contribution < 1.29 is 23.9 Å². The molecular weight excluding hydrogens is 554 g/mol. The monoisotopic (exact) mass is 587 g/mol. The van der Waals surface area contributed by atoms with Gasteiger partial charge in [0.2, 0.25) is 11.8 Å². The van der Waals surface area contributed by atoms with E-state index < -0.39 is 11.8 Å². The first-order valence-electron chi connectivity index (χ1n) is 13.9. The van der Waals surface area contributed by atoms with Crippen molar-refractivity contribution in [2.45, 2.75) is 45.2 Å². The van der Waals surface area contributed by atoms with E-state index in [0.717, 1.165) is 27.1 Å². The second kappa shape index (κ2) is 11.0. The van der Waals surface area contributed by atoms with Gasteiger partial charge in [-0.2, -0.15) is 0 Å². The van der Waals surface area contributed by atoms with Crippen LogP contribution in [-0.2, 0) is 32.2 Å². The number of carbonyl (C=O) groups excluding carboxylic acids is 3. The summed E-state index contributed by atoms with van der Waals surface area (Å²) in [6, 6.07) is 13.1. The topological polar surface area (TPSA) is 138 Å². The summed E-state index contributed by atoms with van der Waals surface area (Å²) in [7, 11) is 0. The van der Waals surface area contributed by atoms with Gasteiger partial charge in [0.25, 0.3) is 5.91 Å². The zero-order chi connectivity index (χ0) is 29.6. The molecule has 0 radical (unpaired) electrons. The van der Waals surface area contributed by atoms with E-state index in [9.17, 15) is 14.4 Å². The first-order chi connectivity index (χ1) is 20.1. The van der Waals surface area contributed by atoms with Gasteiger partial charge in [-0.05, 0) is 54.3 Å². The highest BCUT2D eigenvalue weighted by molar-refractivity contribution is 7.10. The number of nitrogens with one attached hydrogen (secondary N) is 2. The summed E-state index contributed by atoms with van der Waals surface area (Å²) < 4.78 is 11.7. The number of aryl methyl sites for hydroxylation is 2. The number of carbonyl (C=O) groups is 3. The molecule has 3 aliphatic rings. The van der Waals surface area contributed by atoms with Gasteiger partial charge in [-0.25, -0.2) is 0 Å². The lowest BCUT2D eigenvalue weighted by atomic mass is 9.96. The molecular formula is C31H33N5O5S. The maximum Gasteiger partial charge on any atom is 0.254 e. The van der Waals surface area contributed by atoms with Gasteiger partial charge in [0.05, 0.1) is 26.3 Å². The van der Waals surface area contributed by atoms with Crippen LogP contribution in [0.1, 0.15) is 43.9 Å². The van der Waals surface area contributed by atoms with E-state index in [0.29, 0.717) is 30.9 Å². The van der Waals surface area contributed by atoms with Crippen molar-refractivity contribution in [2.75, 3.05) is 26.3 Å². The standard InChI is InChI=1S/C31H33N5O5S/c1-18-3-5-24(19(2)9-18)20-4-6-25-21(10-20)14-35(30(25)39)15-27(37)36-17-31(40-7-8-41-31)12-26(36)29(38)34-13-23-11-22(16-42-23)28(32)33/h3-6,9-11,16,26H,7-8,12-15,17H2,1-2H3,(H3,32,33)(H,34,38). The predicted octanol–water partition coefficient (Wildman–Crippen LogP) is 2.93. The van der Waals surface area contributed by atoms with Gasteiger partial charge in [0.1, 0.15) is 18.4 Å². The Hall–Kier alpha value is -4.06. The third-order valence-electron chi connectivity index (χ3n) is 8.13. The average molecular weight is 588 g/mol. The normalized spacial score (nSPS) is 19.0. The quantitative estimate of drug-likeness (QED) is 0.287. The van der Waals surface area contributed by atoms with E-state index in [1.807, 2.05) is 18.2 Å². The Morgan fingerprint density at radius 3 is 2.60 bits per heavy atom. The van der Waals surface area contributed by atoms with Crippen LogP contribution in [0.15, 0.2) is 47.8 Å². The van der Waals surface area contributed by atoms with Crippen molar-refractivity contribution in [3.63, 3.8) is 0 Å². The van der Waals surface area contributed by atoms with Crippen LogP contribution in [0.3, 0.4) is 0 Å². The molecule has 4 N–H and O–H groups in total. The van der Waals surface area contributed by atoms with E-state index >= 15 is 0 Å². The summed E-state index contributed by atoms with van der Waals surface area (Å²) in [5.74, 6) is -1.92. The number of hydrogen-bond acceptors (Lipinski definition) is 7. The number of amides is 3. The lowest BCUT2D eigenvalue weighted by molar-refractivity contribution is -0.152.